The number of aryl methyl sites for hydroxylation is 1. The minimum atomic E-state index is -0.393. The summed E-state index contributed by atoms with van der Waals surface area (Å²) in [6.07, 6.45) is 4.52. The number of nitrogens with one attached hydrogen (secondary N) is 1. The van der Waals surface area contributed by atoms with Gasteiger partial charge in [0, 0.05) is 74.7 Å². The van der Waals surface area contributed by atoms with Gasteiger partial charge in [-0.25, -0.2) is 4.79 Å². The van der Waals surface area contributed by atoms with Gasteiger partial charge in [0.1, 0.15) is 5.75 Å². The Hall–Kier alpha value is -3.10. The Morgan fingerprint density at radius 1 is 1.24 bits per heavy atom. The number of aromatic nitrogens is 2. The Kier molecular flexibility index (Phi) is 5.95. The van der Waals surface area contributed by atoms with Crippen molar-refractivity contribution in [3.8, 4) is 5.75 Å². The highest BCUT2D eigenvalue weighted by atomic mass is 16.5. The van der Waals surface area contributed by atoms with Crippen molar-refractivity contribution in [2.45, 2.75) is 31.3 Å². The van der Waals surface area contributed by atoms with E-state index in [1.807, 2.05) is 55.5 Å². The Balaban J connectivity index is 1.58. The molecule has 2 aliphatic rings. The van der Waals surface area contributed by atoms with Crippen LogP contribution in [0.4, 0.5) is 4.79 Å². The van der Waals surface area contributed by atoms with Crippen LogP contribution in [0.3, 0.4) is 0 Å². The van der Waals surface area contributed by atoms with Crippen LogP contribution in [0.15, 0.2) is 42.7 Å². The zero-order valence-corrected chi connectivity index (χ0v) is 20.1. The van der Waals surface area contributed by atoms with E-state index < -0.39 is 6.04 Å². The topological polar surface area (TPSA) is 82.9 Å². The van der Waals surface area contributed by atoms with Crippen LogP contribution in [0.5, 0.6) is 5.75 Å². The van der Waals surface area contributed by atoms with Gasteiger partial charge >= 0.3 is 6.03 Å². The van der Waals surface area contributed by atoms with E-state index in [0.29, 0.717) is 13.1 Å². The molecule has 34 heavy (non-hydrogen) atoms. The molecular weight excluding hydrogens is 430 g/mol. The van der Waals surface area contributed by atoms with Crippen molar-refractivity contribution in [1.29, 1.82) is 0 Å². The van der Waals surface area contributed by atoms with Gasteiger partial charge in [-0.1, -0.05) is 6.92 Å². The maximum Gasteiger partial charge on any atom is 0.318 e. The molecule has 3 aromatic rings. The van der Waals surface area contributed by atoms with E-state index in [0.717, 1.165) is 43.0 Å². The van der Waals surface area contributed by atoms with Crippen molar-refractivity contribution in [2.24, 2.45) is 7.05 Å². The Bertz CT molecular complexity index is 1190. The monoisotopic (exact) mass is 463 g/mol. The third-order valence-electron chi connectivity index (χ3n) is 7.32. The molecule has 2 amide bonds. The smallest absolute Gasteiger partial charge is 0.318 e. The van der Waals surface area contributed by atoms with E-state index in [4.69, 9.17) is 4.74 Å². The summed E-state index contributed by atoms with van der Waals surface area (Å²) in [5.74, 6) is 0.797. The number of fused-ring (bicyclic) bond motifs is 4. The summed E-state index contributed by atoms with van der Waals surface area (Å²) in [6.45, 7) is 5.67. The molecule has 1 fully saturated rings. The maximum absolute atomic E-state index is 13.2. The summed E-state index contributed by atoms with van der Waals surface area (Å²) in [7, 11) is 3.70. The largest absolute Gasteiger partial charge is 0.497 e. The van der Waals surface area contributed by atoms with Crippen molar-refractivity contribution < 1.29 is 14.6 Å². The SMILES string of the molecule is CCCNC(=O)N1CC2(CN(Cc3ccncc3)C2)c2c(n(C)c3cc(OC)ccc23)[C@H]1CO. The third-order valence-corrected chi connectivity index (χ3v) is 7.32. The van der Waals surface area contributed by atoms with E-state index in [1.54, 1.807) is 7.11 Å². The second-order valence-corrected chi connectivity index (χ2v) is 9.54. The molecular formula is C26H33N5O3. The highest BCUT2D eigenvalue weighted by Crippen LogP contribution is 2.49. The summed E-state index contributed by atoms with van der Waals surface area (Å²) in [5.41, 5.74) is 4.38. The number of aliphatic hydroxyl groups is 1. The first-order valence-electron chi connectivity index (χ1n) is 11.9. The van der Waals surface area contributed by atoms with E-state index in [9.17, 15) is 9.90 Å². The number of amides is 2. The zero-order chi connectivity index (χ0) is 23.9. The normalized spacial score (nSPS) is 19.2. The number of pyridine rings is 1. The van der Waals surface area contributed by atoms with Crippen molar-refractivity contribution in [3.63, 3.8) is 0 Å². The first-order chi connectivity index (χ1) is 16.5. The molecule has 180 valence electrons. The molecule has 2 aromatic heterocycles. The highest BCUT2D eigenvalue weighted by Gasteiger charge is 2.54. The molecule has 5 rings (SSSR count). The van der Waals surface area contributed by atoms with E-state index in [-0.39, 0.29) is 18.1 Å². The van der Waals surface area contributed by atoms with Gasteiger partial charge in [-0.05, 0) is 41.8 Å². The Morgan fingerprint density at radius 2 is 2.00 bits per heavy atom. The molecule has 8 nitrogen and oxygen atoms in total. The molecule has 1 spiro atoms. The number of aliphatic hydroxyl groups excluding tert-OH is 1. The van der Waals surface area contributed by atoms with Crippen molar-refractivity contribution in [3.05, 3.63) is 59.5 Å². The molecule has 1 atom stereocenters. The standard InChI is InChI=1S/C26H33N5O3/c1-4-9-28-25(33)31-17-26(15-30(16-26)13-18-7-10-27-11-8-18)23-20-6-5-19(34-3)12-21(20)29(2)24(23)22(31)14-32/h5-8,10-12,22,32H,4,9,13-17H2,1-3H3,(H,28,33)/t22-/m1/s1. The molecule has 0 radical (unpaired) electrons. The van der Waals surface area contributed by atoms with Crippen LogP contribution in [0.1, 0.15) is 36.2 Å². The second-order valence-electron chi connectivity index (χ2n) is 9.54. The van der Waals surface area contributed by atoms with Crippen LogP contribution in [0, 0.1) is 0 Å². The average molecular weight is 464 g/mol. The lowest BCUT2D eigenvalue weighted by atomic mass is 9.68. The summed E-state index contributed by atoms with van der Waals surface area (Å²) in [4.78, 5) is 21.6. The number of benzene rings is 1. The van der Waals surface area contributed by atoms with Gasteiger partial charge in [0.2, 0.25) is 0 Å². The number of ether oxygens (including phenoxy) is 1. The van der Waals surface area contributed by atoms with Crippen LogP contribution in [0.2, 0.25) is 0 Å². The molecule has 1 saturated heterocycles. The fourth-order valence-electron chi connectivity index (χ4n) is 5.83. The van der Waals surface area contributed by atoms with Gasteiger partial charge in [0.05, 0.1) is 25.3 Å². The predicted octanol–water partition coefficient (Wildman–Crippen LogP) is 2.80. The molecule has 0 aliphatic carbocycles. The molecule has 0 unspecified atom stereocenters. The molecule has 1 aromatic carbocycles. The number of hydrogen-bond acceptors (Lipinski definition) is 5. The number of nitrogens with zero attached hydrogens (tertiary/aromatic N) is 4. The Morgan fingerprint density at radius 3 is 2.68 bits per heavy atom. The molecule has 0 bridgehead atoms. The number of carbonyl (C=O) groups excluding carboxylic acids is 1. The number of methoxy groups -OCH3 is 1. The van der Waals surface area contributed by atoms with Crippen LogP contribution in [0.25, 0.3) is 10.9 Å². The number of rotatable bonds is 6. The minimum absolute atomic E-state index is 0.110. The van der Waals surface area contributed by atoms with Crippen molar-refractivity contribution in [1.82, 2.24) is 24.7 Å². The van der Waals surface area contributed by atoms with Gasteiger partial charge in [-0.2, -0.15) is 0 Å². The summed E-state index contributed by atoms with van der Waals surface area (Å²) in [6, 6.07) is 9.77. The summed E-state index contributed by atoms with van der Waals surface area (Å²) >= 11 is 0. The molecule has 2 N–H and O–H groups in total. The first kappa shape index (κ1) is 22.7. The number of carbonyl (C=O) groups is 1. The fourth-order valence-corrected chi connectivity index (χ4v) is 5.83. The Labute approximate surface area is 200 Å². The van der Waals surface area contributed by atoms with Crippen LogP contribution < -0.4 is 10.1 Å². The average Bonchev–Trinajstić information content (AvgIpc) is 3.14. The van der Waals surface area contributed by atoms with Crippen LogP contribution >= 0.6 is 0 Å². The lowest BCUT2D eigenvalue weighted by Gasteiger charge is -2.56. The summed E-state index contributed by atoms with van der Waals surface area (Å²) < 4.78 is 7.63. The second kappa shape index (κ2) is 8.92. The zero-order valence-electron chi connectivity index (χ0n) is 20.1. The maximum atomic E-state index is 13.2. The predicted molar refractivity (Wildman–Crippen MR) is 131 cm³/mol. The number of hydrogen-bond donors (Lipinski definition) is 2. The lowest BCUT2D eigenvalue weighted by molar-refractivity contribution is 0.00551. The third kappa shape index (κ3) is 3.61. The highest BCUT2D eigenvalue weighted by molar-refractivity contribution is 5.90. The lowest BCUT2D eigenvalue weighted by Crippen LogP contribution is -2.67. The molecule has 2 aliphatic heterocycles. The van der Waals surface area contributed by atoms with E-state index in [1.165, 1.54) is 16.5 Å². The van der Waals surface area contributed by atoms with Gasteiger partial charge in [0.15, 0.2) is 0 Å². The van der Waals surface area contributed by atoms with E-state index in [2.05, 4.69) is 25.8 Å². The minimum Gasteiger partial charge on any atom is -0.497 e. The van der Waals surface area contributed by atoms with Gasteiger partial charge in [0.25, 0.3) is 0 Å². The number of likely N-dealkylation sites (tertiary alicyclic amines) is 1. The quantitative estimate of drug-likeness (QED) is 0.588. The van der Waals surface area contributed by atoms with Crippen LogP contribution in [-0.2, 0) is 19.0 Å². The van der Waals surface area contributed by atoms with Crippen molar-refractivity contribution in [2.75, 3.05) is 39.9 Å². The van der Waals surface area contributed by atoms with Crippen LogP contribution in [-0.4, -0.2) is 70.4 Å². The first-order valence-corrected chi connectivity index (χ1v) is 11.9. The van der Waals surface area contributed by atoms with Gasteiger partial charge < -0.3 is 24.6 Å². The molecule has 0 saturated carbocycles. The fraction of sp³-hybridized carbons (Fsp3) is 0.462. The van der Waals surface area contributed by atoms with Crippen molar-refractivity contribution >= 4 is 16.9 Å². The number of urea groups is 1. The summed E-state index contributed by atoms with van der Waals surface area (Å²) in [5, 5.41) is 14.7. The van der Waals surface area contributed by atoms with Gasteiger partial charge in [-0.15, -0.1) is 0 Å². The van der Waals surface area contributed by atoms with Gasteiger partial charge in [-0.3, -0.25) is 9.88 Å². The van der Waals surface area contributed by atoms with E-state index >= 15 is 0 Å². The molecule has 8 heteroatoms. The molecule has 4 heterocycles.